The monoisotopic (exact) mass is 452 g/mol. The van der Waals surface area contributed by atoms with Gasteiger partial charge in [0, 0.05) is 25.6 Å². The van der Waals surface area contributed by atoms with Crippen LogP contribution in [-0.2, 0) is 19.1 Å². The molecule has 2 aromatic rings. The molecular formula is C25H28N2O6. The third-order valence-corrected chi connectivity index (χ3v) is 6.56. The fourth-order valence-electron chi connectivity index (χ4n) is 4.50. The third-order valence-electron chi connectivity index (χ3n) is 6.56. The molecule has 1 fully saturated rings. The fraction of sp³-hybridized carbons (Fsp3) is 0.400. The maximum atomic E-state index is 12.1. The normalized spacial score (nSPS) is 15.8. The lowest BCUT2D eigenvalue weighted by molar-refractivity contribution is -0.168. The van der Waals surface area contributed by atoms with E-state index in [1.54, 1.807) is 6.92 Å². The van der Waals surface area contributed by atoms with Gasteiger partial charge in [0.1, 0.15) is 18.6 Å². The molecule has 1 saturated heterocycles. The summed E-state index contributed by atoms with van der Waals surface area (Å²) in [6.07, 6.45) is -0.0551. The summed E-state index contributed by atoms with van der Waals surface area (Å²) in [4.78, 5) is 37.0. The van der Waals surface area contributed by atoms with Crippen LogP contribution in [0.1, 0.15) is 30.4 Å². The van der Waals surface area contributed by atoms with Crippen molar-refractivity contribution in [1.29, 1.82) is 0 Å². The van der Waals surface area contributed by atoms with Crippen molar-refractivity contribution in [3.05, 3.63) is 59.7 Å². The first kappa shape index (κ1) is 22.8. The number of hydrogen-bond donors (Lipinski definition) is 2. The lowest BCUT2D eigenvalue weighted by Gasteiger charge is -2.46. The van der Waals surface area contributed by atoms with Crippen LogP contribution >= 0.6 is 0 Å². The Hall–Kier alpha value is -3.39. The van der Waals surface area contributed by atoms with E-state index in [-0.39, 0.29) is 51.3 Å². The second kappa shape index (κ2) is 9.62. The largest absolute Gasteiger partial charge is 0.481 e. The molecule has 33 heavy (non-hydrogen) atoms. The number of carbonyl (C=O) groups excluding carboxylic acids is 2. The molecule has 2 amide bonds. The third kappa shape index (κ3) is 4.57. The molecule has 0 saturated carbocycles. The number of nitrogens with zero attached hydrogens (tertiary/aromatic N) is 1. The minimum absolute atomic E-state index is 0.00501. The molecule has 0 radical (unpaired) electrons. The maximum Gasteiger partial charge on any atom is 0.407 e. The summed E-state index contributed by atoms with van der Waals surface area (Å²) < 4.78 is 10.8. The van der Waals surface area contributed by atoms with Crippen molar-refractivity contribution in [2.24, 2.45) is 5.41 Å². The van der Waals surface area contributed by atoms with E-state index >= 15 is 0 Å². The van der Waals surface area contributed by atoms with Gasteiger partial charge in [-0.05, 0) is 28.7 Å². The zero-order valence-electron chi connectivity index (χ0n) is 18.6. The predicted octanol–water partition coefficient (Wildman–Crippen LogP) is 2.86. The van der Waals surface area contributed by atoms with Gasteiger partial charge in [-0.3, -0.25) is 9.59 Å². The van der Waals surface area contributed by atoms with Crippen molar-refractivity contribution in [2.75, 3.05) is 39.5 Å². The first-order chi connectivity index (χ1) is 15.9. The van der Waals surface area contributed by atoms with E-state index in [9.17, 15) is 19.5 Å². The number of carboxylic acid groups (broad SMARTS) is 1. The van der Waals surface area contributed by atoms with Gasteiger partial charge in [-0.2, -0.15) is 0 Å². The second-order valence-corrected chi connectivity index (χ2v) is 8.49. The number of likely N-dealkylation sites (tertiary alicyclic amines) is 1. The number of alkyl carbamates (subject to hydrolysis) is 1. The van der Waals surface area contributed by atoms with Gasteiger partial charge in [0.05, 0.1) is 6.61 Å². The maximum absolute atomic E-state index is 12.1. The number of nitrogens with one attached hydrogen (secondary N) is 1. The van der Waals surface area contributed by atoms with Crippen LogP contribution in [0, 0.1) is 5.41 Å². The molecule has 1 aliphatic heterocycles. The van der Waals surface area contributed by atoms with E-state index < -0.39 is 17.5 Å². The van der Waals surface area contributed by atoms with E-state index in [1.807, 2.05) is 24.3 Å². The predicted molar refractivity (Wildman–Crippen MR) is 121 cm³/mol. The Balaban J connectivity index is 1.16. The van der Waals surface area contributed by atoms with Crippen LogP contribution < -0.4 is 5.32 Å². The van der Waals surface area contributed by atoms with Crippen molar-refractivity contribution in [3.63, 3.8) is 0 Å². The molecular weight excluding hydrogens is 424 g/mol. The van der Waals surface area contributed by atoms with E-state index in [0.29, 0.717) is 6.42 Å². The Morgan fingerprint density at radius 2 is 1.67 bits per heavy atom. The number of hydrogen-bond acceptors (Lipinski definition) is 5. The van der Waals surface area contributed by atoms with Gasteiger partial charge in [0.25, 0.3) is 0 Å². The lowest BCUT2D eigenvalue weighted by atomic mass is 9.77. The van der Waals surface area contributed by atoms with Crippen LogP contribution in [0.2, 0.25) is 0 Å². The highest BCUT2D eigenvalue weighted by atomic mass is 16.5. The Morgan fingerprint density at radius 3 is 2.24 bits per heavy atom. The molecule has 0 bridgehead atoms. The zero-order valence-corrected chi connectivity index (χ0v) is 18.6. The van der Waals surface area contributed by atoms with Gasteiger partial charge in [0.15, 0.2) is 0 Å². The van der Waals surface area contributed by atoms with Crippen molar-refractivity contribution in [1.82, 2.24) is 10.2 Å². The van der Waals surface area contributed by atoms with Gasteiger partial charge in [-0.15, -0.1) is 0 Å². The number of fused-ring (bicyclic) bond motifs is 3. The number of benzene rings is 2. The van der Waals surface area contributed by atoms with Gasteiger partial charge in [0.2, 0.25) is 5.91 Å². The Kier molecular flexibility index (Phi) is 6.65. The number of carboxylic acids is 1. The number of aliphatic carboxylic acids is 1. The SMILES string of the molecule is CCC1(C(=O)O)CN(C(=O)COCCNC(=O)OCC2c3ccccc3-c3ccccc32)C1. The summed E-state index contributed by atoms with van der Waals surface area (Å²) in [7, 11) is 0. The minimum atomic E-state index is -0.873. The van der Waals surface area contributed by atoms with Crippen LogP contribution in [0.4, 0.5) is 4.79 Å². The lowest BCUT2D eigenvalue weighted by Crippen LogP contribution is -2.62. The highest BCUT2D eigenvalue weighted by Crippen LogP contribution is 2.44. The molecule has 1 aliphatic carbocycles. The van der Waals surface area contributed by atoms with Crippen LogP contribution in [0.25, 0.3) is 11.1 Å². The Bertz CT molecular complexity index is 1000. The molecule has 1 heterocycles. The molecule has 4 rings (SSSR count). The summed E-state index contributed by atoms with van der Waals surface area (Å²) in [5, 5.41) is 11.9. The molecule has 2 aromatic carbocycles. The standard InChI is InChI=1S/C25H28N2O6/c1-2-25(23(29)30)15-27(16-25)22(28)14-32-12-11-26-24(31)33-13-21-19-9-5-3-7-17(19)18-8-4-6-10-20(18)21/h3-10,21H,2,11-16H2,1H3,(H,26,31)(H,29,30). The molecule has 8 heteroatoms. The van der Waals surface area contributed by atoms with Gasteiger partial charge in [-0.1, -0.05) is 55.5 Å². The van der Waals surface area contributed by atoms with Gasteiger partial charge >= 0.3 is 12.1 Å². The topological polar surface area (TPSA) is 105 Å². The summed E-state index contributed by atoms with van der Waals surface area (Å²) in [5.74, 6) is -1.13. The van der Waals surface area contributed by atoms with Crippen molar-refractivity contribution in [2.45, 2.75) is 19.3 Å². The average Bonchev–Trinajstić information content (AvgIpc) is 3.10. The average molecular weight is 453 g/mol. The van der Waals surface area contributed by atoms with Crippen molar-refractivity contribution in [3.8, 4) is 11.1 Å². The molecule has 8 nitrogen and oxygen atoms in total. The Morgan fingerprint density at radius 1 is 1.06 bits per heavy atom. The number of amides is 2. The van der Waals surface area contributed by atoms with Crippen LogP contribution in [0.15, 0.2) is 48.5 Å². The summed E-state index contributed by atoms with van der Waals surface area (Å²) in [6, 6.07) is 16.3. The number of ether oxygens (including phenoxy) is 2. The smallest absolute Gasteiger partial charge is 0.407 e. The molecule has 174 valence electrons. The molecule has 2 aliphatic rings. The number of rotatable bonds is 9. The Labute approximate surface area is 192 Å². The van der Waals surface area contributed by atoms with Crippen LogP contribution in [0.3, 0.4) is 0 Å². The first-order valence-electron chi connectivity index (χ1n) is 11.1. The van der Waals surface area contributed by atoms with E-state index in [1.165, 1.54) is 16.0 Å². The van der Waals surface area contributed by atoms with Crippen molar-refractivity contribution >= 4 is 18.0 Å². The summed E-state index contributed by atoms with van der Waals surface area (Å²) in [6.45, 7) is 2.67. The van der Waals surface area contributed by atoms with Crippen molar-refractivity contribution < 1.29 is 29.0 Å². The quantitative estimate of drug-likeness (QED) is 0.567. The summed E-state index contributed by atoms with van der Waals surface area (Å²) in [5.41, 5.74) is 3.80. The molecule has 0 atom stereocenters. The highest BCUT2D eigenvalue weighted by molar-refractivity contribution is 5.84. The van der Waals surface area contributed by atoms with Gasteiger partial charge in [-0.25, -0.2) is 4.79 Å². The van der Waals surface area contributed by atoms with Crippen LogP contribution in [-0.4, -0.2) is 67.4 Å². The van der Waals surface area contributed by atoms with E-state index in [4.69, 9.17) is 9.47 Å². The minimum Gasteiger partial charge on any atom is -0.481 e. The molecule has 0 aromatic heterocycles. The first-order valence-corrected chi connectivity index (χ1v) is 11.1. The van der Waals surface area contributed by atoms with E-state index in [0.717, 1.165) is 11.1 Å². The molecule has 0 unspecified atom stereocenters. The highest BCUT2D eigenvalue weighted by Gasteiger charge is 2.49. The second-order valence-electron chi connectivity index (χ2n) is 8.49. The molecule has 2 N–H and O–H groups in total. The molecule has 0 spiro atoms. The van der Waals surface area contributed by atoms with E-state index in [2.05, 4.69) is 29.6 Å². The van der Waals surface area contributed by atoms with Gasteiger partial charge < -0.3 is 24.8 Å². The fourth-order valence-corrected chi connectivity index (χ4v) is 4.50. The summed E-state index contributed by atoms with van der Waals surface area (Å²) >= 11 is 0. The van der Waals surface area contributed by atoms with Crippen LogP contribution in [0.5, 0.6) is 0 Å². The zero-order chi connectivity index (χ0) is 23.4. The number of carbonyl (C=O) groups is 3.